The van der Waals surface area contributed by atoms with Gasteiger partial charge < -0.3 is 10.2 Å². The number of hydrogen-bond donors (Lipinski definition) is 2. The quantitative estimate of drug-likeness (QED) is 0.760. The number of anilines is 1. The molecule has 7 heteroatoms. The molecule has 3 aromatic rings. The molecular weight excluding hydrogens is 336 g/mol. The highest BCUT2D eigenvalue weighted by Crippen LogP contribution is 2.26. The van der Waals surface area contributed by atoms with Gasteiger partial charge in [-0.2, -0.15) is 5.10 Å². The molecule has 2 N–H and O–H groups in total. The maximum atomic E-state index is 12.8. The van der Waals surface area contributed by atoms with Crippen molar-refractivity contribution in [3.63, 3.8) is 0 Å². The van der Waals surface area contributed by atoms with E-state index in [2.05, 4.69) is 15.5 Å². The molecule has 1 aromatic heterocycles. The van der Waals surface area contributed by atoms with Gasteiger partial charge in [-0.15, -0.1) is 11.8 Å². The standard InChI is InChI=1S/C18H16N4O2S/c23-17(20-14-8-4-7-13-9-19-21-16(13)14)15-10-25-11-22(15)18(24)12-5-2-1-3-6-12/h1-9,15H,10-11H2,(H,19,21)(H,20,23)/t15-/m1/s1. The number of fused-ring (bicyclic) bond motifs is 1. The lowest BCUT2D eigenvalue weighted by Gasteiger charge is -2.23. The van der Waals surface area contributed by atoms with Crippen molar-refractivity contribution in [2.24, 2.45) is 0 Å². The van der Waals surface area contributed by atoms with Crippen molar-refractivity contribution in [3.8, 4) is 0 Å². The number of nitrogens with zero attached hydrogens (tertiary/aromatic N) is 2. The number of aromatic amines is 1. The normalized spacial score (nSPS) is 17.0. The Morgan fingerprint density at radius 1 is 1.16 bits per heavy atom. The molecule has 0 unspecified atom stereocenters. The van der Waals surface area contributed by atoms with E-state index in [1.54, 1.807) is 35.0 Å². The van der Waals surface area contributed by atoms with Crippen LogP contribution >= 0.6 is 11.8 Å². The van der Waals surface area contributed by atoms with Crippen molar-refractivity contribution < 1.29 is 9.59 Å². The van der Waals surface area contributed by atoms with E-state index in [1.165, 1.54) is 0 Å². The van der Waals surface area contributed by atoms with E-state index >= 15 is 0 Å². The molecule has 0 aliphatic carbocycles. The number of rotatable bonds is 3. The topological polar surface area (TPSA) is 78.1 Å². The number of H-pyrrole nitrogens is 1. The predicted octanol–water partition coefficient (Wildman–Crippen LogP) is 2.72. The Balaban J connectivity index is 1.55. The molecule has 1 aliphatic heterocycles. The van der Waals surface area contributed by atoms with Crippen LogP contribution in [0.25, 0.3) is 10.9 Å². The monoisotopic (exact) mass is 352 g/mol. The summed E-state index contributed by atoms with van der Waals surface area (Å²) in [4.78, 5) is 27.1. The molecule has 0 bridgehead atoms. The van der Waals surface area contributed by atoms with Gasteiger partial charge in [-0.25, -0.2) is 0 Å². The van der Waals surface area contributed by atoms with Gasteiger partial charge in [0, 0.05) is 16.7 Å². The van der Waals surface area contributed by atoms with Gasteiger partial charge in [-0.3, -0.25) is 14.7 Å². The van der Waals surface area contributed by atoms with Crippen LogP contribution in [0.15, 0.2) is 54.7 Å². The lowest BCUT2D eigenvalue weighted by molar-refractivity contribution is -0.119. The smallest absolute Gasteiger partial charge is 0.255 e. The van der Waals surface area contributed by atoms with Gasteiger partial charge in [-0.05, 0) is 18.2 Å². The first-order valence-corrected chi connectivity index (χ1v) is 9.06. The van der Waals surface area contributed by atoms with E-state index in [9.17, 15) is 9.59 Å². The van der Waals surface area contributed by atoms with Gasteiger partial charge in [-0.1, -0.05) is 30.3 Å². The fourth-order valence-electron chi connectivity index (χ4n) is 2.90. The molecule has 1 saturated heterocycles. The summed E-state index contributed by atoms with van der Waals surface area (Å²) in [5, 5.41) is 10.8. The van der Waals surface area contributed by atoms with E-state index in [0.29, 0.717) is 22.9 Å². The highest BCUT2D eigenvalue weighted by Gasteiger charge is 2.35. The summed E-state index contributed by atoms with van der Waals surface area (Å²) in [6, 6.07) is 14.2. The molecule has 0 radical (unpaired) electrons. The number of para-hydroxylation sites is 1. The van der Waals surface area contributed by atoms with E-state index in [0.717, 1.165) is 10.9 Å². The van der Waals surface area contributed by atoms with Crippen molar-refractivity contribution >= 4 is 40.2 Å². The molecular formula is C18H16N4O2S. The first kappa shape index (κ1) is 15.7. The zero-order valence-corrected chi connectivity index (χ0v) is 14.1. The SMILES string of the molecule is O=C(Nc1cccc2cn[nH]c12)[C@H]1CSCN1C(=O)c1ccccc1. The Kier molecular flexibility index (Phi) is 4.15. The van der Waals surface area contributed by atoms with E-state index in [4.69, 9.17) is 0 Å². The minimum atomic E-state index is -0.490. The number of benzene rings is 2. The zero-order valence-electron chi connectivity index (χ0n) is 13.3. The molecule has 0 spiro atoms. The summed E-state index contributed by atoms with van der Waals surface area (Å²) in [5.41, 5.74) is 2.05. The molecule has 2 amide bonds. The third-order valence-corrected chi connectivity index (χ3v) is 5.21. The number of nitrogens with one attached hydrogen (secondary N) is 2. The van der Waals surface area contributed by atoms with E-state index in [-0.39, 0.29) is 11.8 Å². The molecule has 2 aromatic carbocycles. The highest BCUT2D eigenvalue weighted by molar-refractivity contribution is 7.99. The molecule has 1 aliphatic rings. The van der Waals surface area contributed by atoms with Crippen LogP contribution in [0, 0.1) is 0 Å². The van der Waals surface area contributed by atoms with Gasteiger partial charge >= 0.3 is 0 Å². The fourth-order valence-corrected chi connectivity index (χ4v) is 4.05. The first-order chi connectivity index (χ1) is 12.2. The molecule has 126 valence electrons. The summed E-state index contributed by atoms with van der Waals surface area (Å²) in [7, 11) is 0. The van der Waals surface area contributed by atoms with Crippen LogP contribution in [0.3, 0.4) is 0 Å². The summed E-state index contributed by atoms with van der Waals surface area (Å²) >= 11 is 1.58. The van der Waals surface area contributed by atoms with Gasteiger partial charge in [0.1, 0.15) is 6.04 Å². The van der Waals surface area contributed by atoms with Gasteiger partial charge in [0.05, 0.1) is 23.3 Å². The minimum Gasteiger partial charge on any atom is -0.322 e. The number of aromatic nitrogens is 2. The fraction of sp³-hybridized carbons (Fsp3) is 0.167. The zero-order chi connectivity index (χ0) is 17.2. The molecule has 2 heterocycles. The second kappa shape index (κ2) is 6.60. The molecule has 25 heavy (non-hydrogen) atoms. The largest absolute Gasteiger partial charge is 0.322 e. The van der Waals surface area contributed by atoms with Crippen LogP contribution in [0.2, 0.25) is 0 Å². The van der Waals surface area contributed by atoms with Crippen molar-refractivity contribution in [2.45, 2.75) is 6.04 Å². The first-order valence-electron chi connectivity index (χ1n) is 7.91. The maximum absolute atomic E-state index is 12.8. The second-order valence-corrected chi connectivity index (χ2v) is 6.79. The average Bonchev–Trinajstić information content (AvgIpc) is 3.31. The summed E-state index contributed by atoms with van der Waals surface area (Å²) in [5.74, 6) is 0.797. The Labute approximate surface area is 148 Å². The van der Waals surface area contributed by atoms with Gasteiger partial charge in [0.15, 0.2) is 0 Å². The van der Waals surface area contributed by atoms with Gasteiger partial charge in [0.2, 0.25) is 5.91 Å². The van der Waals surface area contributed by atoms with Crippen molar-refractivity contribution in [1.29, 1.82) is 0 Å². The van der Waals surface area contributed by atoms with Crippen LogP contribution in [-0.2, 0) is 4.79 Å². The van der Waals surface area contributed by atoms with E-state index < -0.39 is 6.04 Å². The Bertz CT molecular complexity index is 925. The lowest BCUT2D eigenvalue weighted by Crippen LogP contribution is -2.44. The lowest BCUT2D eigenvalue weighted by atomic mass is 10.1. The van der Waals surface area contributed by atoms with Crippen LogP contribution < -0.4 is 5.32 Å². The Morgan fingerprint density at radius 2 is 2.00 bits per heavy atom. The molecule has 0 saturated carbocycles. The molecule has 6 nitrogen and oxygen atoms in total. The average molecular weight is 352 g/mol. The van der Waals surface area contributed by atoms with Crippen LogP contribution in [0.4, 0.5) is 5.69 Å². The van der Waals surface area contributed by atoms with E-state index in [1.807, 2.05) is 36.4 Å². The Morgan fingerprint density at radius 3 is 2.84 bits per heavy atom. The highest BCUT2D eigenvalue weighted by atomic mass is 32.2. The third-order valence-electron chi connectivity index (χ3n) is 4.20. The number of carbonyl (C=O) groups is 2. The maximum Gasteiger partial charge on any atom is 0.255 e. The summed E-state index contributed by atoms with van der Waals surface area (Å²) < 4.78 is 0. The number of thioether (sulfide) groups is 1. The molecule has 4 rings (SSSR count). The van der Waals surface area contributed by atoms with Crippen LogP contribution in [-0.4, -0.2) is 44.6 Å². The number of amides is 2. The van der Waals surface area contributed by atoms with Gasteiger partial charge in [0.25, 0.3) is 5.91 Å². The van der Waals surface area contributed by atoms with Crippen molar-refractivity contribution in [3.05, 3.63) is 60.3 Å². The summed E-state index contributed by atoms with van der Waals surface area (Å²) in [6.45, 7) is 0. The van der Waals surface area contributed by atoms with Crippen LogP contribution in [0.5, 0.6) is 0 Å². The minimum absolute atomic E-state index is 0.120. The number of hydrogen-bond acceptors (Lipinski definition) is 4. The summed E-state index contributed by atoms with van der Waals surface area (Å²) in [6.07, 6.45) is 1.71. The van der Waals surface area contributed by atoms with Crippen LogP contribution in [0.1, 0.15) is 10.4 Å². The predicted molar refractivity (Wildman–Crippen MR) is 98.4 cm³/mol. The third kappa shape index (κ3) is 2.98. The number of carbonyl (C=O) groups excluding carboxylic acids is 2. The van der Waals surface area contributed by atoms with Crippen molar-refractivity contribution in [1.82, 2.24) is 15.1 Å². The molecule has 1 fully saturated rings. The Hall–Kier alpha value is -2.80. The van der Waals surface area contributed by atoms with Crippen molar-refractivity contribution in [2.75, 3.05) is 16.9 Å². The second-order valence-electron chi connectivity index (χ2n) is 5.79. The molecule has 1 atom stereocenters.